The van der Waals surface area contributed by atoms with Crippen LogP contribution in [0, 0.1) is 0 Å². The molecule has 1 aromatic carbocycles. The zero-order valence-electron chi connectivity index (χ0n) is 14.7. The average Bonchev–Trinajstić information content (AvgIpc) is 2.51. The minimum atomic E-state index is -3.46. The van der Waals surface area contributed by atoms with Crippen molar-refractivity contribution in [3.05, 3.63) is 29.8 Å². The second kappa shape index (κ2) is 9.38. The van der Waals surface area contributed by atoms with E-state index in [0.29, 0.717) is 17.7 Å². The number of rotatable bonds is 9. The highest BCUT2D eigenvalue weighted by molar-refractivity contribution is 7.88. The number of aliphatic carboxylic acids is 1. The van der Waals surface area contributed by atoms with Crippen molar-refractivity contribution in [3.63, 3.8) is 0 Å². The van der Waals surface area contributed by atoms with Gasteiger partial charge in [-0.2, -0.15) is 0 Å². The van der Waals surface area contributed by atoms with E-state index in [1.54, 1.807) is 31.2 Å². The maximum absolute atomic E-state index is 12.1. The van der Waals surface area contributed by atoms with Gasteiger partial charge in [-0.05, 0) is 31.0 Å². The number of nitrogens with zero attached hydrogens (tertiary/aromatic N) is 1. The lowest BCUT2D eigenvalue weighted by Gasteiger charge is -2.17. The molecule has 0 aliphatic carbocycles. The first-order valence-electron chi connectivity index (χ1n) is 7.95. The van der Waals surface area contributed by atoms with E-state index in [0.717, 1.165) is 0 Å². The summed E-state index contributed by atoms with van der Waals surface area (Å²) in [6, 6.07) is 5.94. The molecule has 0 saturated carbocycles. The summed E-state index contributed by atoms with van der Waals surface area (Å²) < 4.78 is 26.8. The SMILES string of the molecule is CCC(C)NS(=O)(=O)Cc1cccc(NC(=O)N(C)CCC(=O)O)c1. The Morgan fingerprint density at radius 1 is 1.32 bits per heavy atom. The van der Waals surface area contributed by atoms with Gasteiger partial charge in [0.25, 0.3) is 0 Å². The number of nitrogens with one attached hydrogen (secondary N) is 2. The quantitative estimate of drug-likeness (QED) is 0.612. The zero-order valence-corrected chi connectivity index (χ0v) is 15.5. The van der Waals surface area contributed by atoms with E-state index in [4.69, 9.17) is 5.11 Å². The molecule has 0 fully saturated rings. The summed E-state index contributed by atoms with van der Waals surface area (Å²) in [5.74, 6) is -1.17. The van der Waals surface area contributed by atoms with Crippen LogP contribution < -0.4 is 10.0 Å². The van der Waals surface area contributed by atoms with Crippen LogP contribution in [0.25, 0.3) is 0 Å². The van der Waals surface area contributed by atoms with Crippen molar-refractivity contribution in [1.29, 1.82) is 0 Å². The lowest BCUT2D eigenvalue weighted by Crippen LogP contribution is -2.33. The Hall–Kier alpha value is -2.13. The number of hydrogen-bond acceptors (Lipinski definition) is 4. The number of carbonyl (C=O) groups excluding carboxylic acids is 1. The third-order valence-electron chi connectivity index (χ3n) is 3.54. The molecule has 0 spiro atoms. The summed E-state index contributed by atoms with van der Waals surface area (Å²) in [5.41, 5.74) is 0.991. The Morgan fingerprint density at radius 3 is 2.60 bits per heavy atom. The van der Waals surface area contributed by atoms with Gasteiger partial charge in [0.2, 0.25) is 10.0 Å². The molecule has 8 nitrogen and oxygen atoms in total. The predicted molar refractivity (Wildman–Crippen MR) is 95.9 cm³/mol. The molecule has 0 heterocycles. The van der Waals surface area contributed by atoms with Crippen LogP contribution in [0.4, 0.5) is 10.5 Å². The monoisotopic (exact) mass is 371 g/mol. The summed E-state index contributed by atoms with van der Waals surface area (Å²) >= 11 is 0. The molecule has 0 aliphatic rings. The van der Waals surface area contributed by atoms with Crippen molar-refractivity contribution in [1.82, 2.24) is 9.62 Å². The van der Waals surface area contributed by atoms with Crippen LogP contribution in [0.2, 0.25) is 0 Å². The molecule has 25 heavy (non-hydrogen) atoms. The molecule has 1 aromatic rings. The smallest absolute Gasteiger partial charge is 0.321 e. The van der Waals surface area contributed by atoms with Gasteiger partial charge < -0.3 is 15.3 Å². The van der Waals surface area contributed by atoms with Crippen molar-refractivity contribution < 1.29 is 23.1 Å². The molecule has 0 bridgehead atoms. The number of carbonyl (C=O) groups is 2. The molecule has 1 atom stereocenters. The van der Waals surface area contributed by atoms with Crippen LogP contribution in [0.1, 0.15) is 32.3 Å². The van der Waals surface area contributed by atoms with Crippen LogP contribution in [0.3, 0.4) is 0 Å². The van der Waals surface area contributed by atoms with Crippen molar-refractivity contribution in [2.24, 2.45) is 0 Å². The molecular weight excluding hydrogens is 346 g/mol. The first-order chi connectivity index (χ1) is 11.6. The molecule has 3 N–H and O–H groups in total. The number of sulfonamides is 1. The van der Waals surface area contributed by atoms with Crippen molar-refractivity contribution >= 4 is 27.7 Å². The number of carboxylic acids is 1. The van der Waals surface area contributed by atoms with Crippen LogP contribution in [-0.2, 0) is 20.6 Å². The maximum atomic E-state index is 12.1. The van der Waals surface area contributed by atoms with E-state index in [9.17, 15) is 18.0 Å². The minimum absolute atomic E-state index is 0.0774. The first kappa shape index (κ1) is 20.9. The van der Waals surface area contributed by atoms with Crippen molar-refractivity contribution in [2.45, 2.75) is 38.5 Å². The number of benzene rings is 1. The van der Waals surface area contributed by atoms with Crippen LogP contribution in [0.5, 0.6) is 0 Å². The highest BCUT2D eigenvalue weighted by Gasteiger charge is 2.15. The first-order valence-corrected chi connectivity index (χ1v) is 9.61. The highest BCUT2D eigenvalue weighted by Crippen LogP contribution is 2.14. The molecule has 2 amide bonds. The highest BCUT2D eigenvalue weighted by atomic mass is 32.2. The zero-order chi connectivity index (χ0) is 19.0. The lowest BCUT2D eigenvalue weighted by atomic mass is 10.2. The van der Waals surface area contributed by atoms with Crippen LogP contribution in [0.15, 0.2) is 24.3 Å². The summed E-state index contributed by atoms with van der Waals surface area (Å²) in [4.78, 5) is 23.8. The summed E-state index contributed by atoms with van der Waals surface area (Å²) in [7, 11) is -1.98. The van der Waals surface area contributed by atoms with Gasteiger partial charge in [0.1, 0.15) is 0 Å². The van der Waals surface area contributed by atoms with E-state index in [1.165, 1.54) is 11.9 Å². The third kappa shape index (κ3) is 7.99. The van der Waals surface area contributed by atoms with E-state index in [2.05, 4.69) is 10.0 Å². The Morgan fingerprint density at radius 2 is 2.00 bits per heavy atom. The molecule has 9 heteroatoms. The second-order valence-electron chi connectivity index (χ2n) is 5.88. The molecule has 1 unspecified atom stereocenters. The normalized spacial score (nSPS) is 12.4. The number of carboxylic acid groups (broad SMARTS) is 1. The van der Waals surface area contributed by atoms with Crippen LogP contribution in [-0.4, -0.2) is 50.1 Å². The Bertz CT molecular complexity index is 705. The van der Waals surface area contributed by atoms with Crippen molar-refractivity contribution in [2.75, 3.05) is 18.9 Å². The molecule has 1 rings (SSSR count). The lowest BCUT2D eigenvalue weighted by molar-refractivity contribution is -0.137. The Labute approximate surface area is 148 Å². The molecular formula is C16H25N3O5S. The summed E-state index contributed by atoms with van der Waals surface area (Å²) in [6.07, 6.45) is 0.543. The Balaban J connectivity index is 2.71. The van der Waals surface area contributed by atoms with E-state index in [1.807, 2.05) is 6.92 Å². The molecule has 0 aromatic heterocycles. The van der Waals surface area contributed by atoms with E-state index >= 15 is 0 Å². The van der Waals surface area contributed by atoms with E-state index in [-0.39, 0.29) is 24.8 Å². The largest absolute Gasteiger partial charge is 0.481 e. The van der Waals surface area contributed by atoms with Gasteiger partial charge in [0.05, 0.1) is 12.2 Å². The maximum Gasteiger partial charge on any atom is 0.321 e. The fraction of sp³-hybridized carbons (Fsp3) is 0.500. The summed E-state index contributed by atoms with van der Waals surface area (Å²) in [5, 5.41) is 11.3. The fourth-order valence-electron chi connectivity index (χ4n) is 1.97. The number of anilines is 1. The third-order valence-corrected chi connectivity index (χ3v) is 5.01. The second-order valence-corrected chi connectivity index (χ2v) is 7.64. The van der Waals surface area contributed by atoms with Gasteiger partial charge in [-0.3, -0.25) is 4.79 Å². The van der Waals surface area contributed by atoms with Gasteiger partial charge >= 0.3 is 12.0 Å². The fourth-order valence-corrected chi connectivity index (χ4v) is 3.46. The van der Waals surface area contributed by atoms with Gasteiger partial charge in [-0.15, -0.1) is 0 Å². The predicted octanol–water partition coefficient (Wildman–Crippen LogP) is 1.84. The Kier molecular flexibility index (Phi) is 7.85. The number of hydrogen-bond donors (Lipinski definition) is 3. The van der Waals surface area contributed by atoms with E-state index < -0.39 is 22.0 Å². The van der Waals surface area contributed by atoms with Crippen molar-refractivity contribution in [3.8, 4) is 0 Å². The average molecular weight is 371 g/mol. The van der Waals surface area contributed by atoms with Gasteiger partial charge in [0, 0.05) is 25.3 Å². The molecule has 0 saturated heterocycles. The standard InChI is InChI=1S/C16H25N3O5S/c1-4-12(2)18-25(23,24)11-13-6-5-7-14(10-13)17-16(22)19(3)9-8-15(20)21/h5-7,10,12,18H,4,8-9,11H2,1-3H3,(H,17,22)(H,20,21). The van der Waals surface area contributed by atoms with Gasteiger partial charge in [-0.1, -0.05) is 19.1 Å². The molecule has 140 valence electrons. The molecule has 0 radical (unpaired) electrons. The summed E-state index contributed by atoms with van der Waals surface area (Å²) in [6.45, 7) is 3.76. The topological polar surface area (TPSA) is 116 Å². The van der Waals surface area contributed by atoms with Gasteiger partial charge in [-0.25, -0.2) is 17.9 Å². The minimum Gasteiger partial charge on any atom is -0.481 e. The van der Waals surface area contributed by atoms with Gasteiger partial charge in [0.15, 0.2) is 0 Å². The van der Waals surface area contributed by atoms with Crippen LogP contribution >= 0.6 is 0 Å². The molecule has 0 aliphatic heterocycles. The number of amides is 2. The number of urea groups is 1.